The normalized spacial score (nSPS) is 30.7. The predicted molar refractivity (Wildman–Crippen MR) is 72.5 cm³/mol. The van der Waals surface area contributed by atoms with Crippen LogP contribution in [0.15, 0.2) is 0 Å². The van der Waals surface area contributed by atoms with Crippen molar-refractivity contribution in [2.24, 2.45) is 5.92 Å². The lowest BCUT2D eigenvalue weighted by molar-refractivity contribution is 0.265. The zero-order valence-electron chi connectivity index (χ0n) is 11.2. The highest BCUT2D eigenvalue weighted by Crippen LogP contribution is 2.19. The van der Waals surface area contributed by atoms with Gasteiger partial charge in [-0.2, -0.15) is 12.7 Å². The van der Waals surface area contributed by atoms with E-state index in [0.717, 1.165) is 38.8 Å². The first-order chi connectivity index (χ1) is 8.59. The van der Waals surface area contributed by atoms with Crippen LogP contribution in [-0.4, -0.2) is 44.9 Å². The predicted octanol–water partition coefficient (Wildman–Crippen LogP) is 0.695. The van der Waals surface area contributed by atoms with Crippen molar-refractivity contribution in [3.63, 3.8) is 0 Å². The minimum absolute atomic E-state index is 0.143. The molecule has 2 rings (SSSR count). The van der Waals surface area contributed by atoms with Crippen LogP contribution in [-0.2, 0) is 10.2 Å². The smallest absolute Gasteiger partial charge is 0.279 e. The van der Waals surface area contributed by atoms with Gasteiger partial charge in [-0.3, -0.25) is 0 Å². The Bertz CT molecular complexity index is 352. The molecule has 0 aromatic heterocycles. The third-order valence-electron chi connectivity index (χ3n) is 4.05. The van der Waals surface area contributed by atoms with E-state index in [9.17, 15) is 8.42 Å². The number of piperidine rings is 1. The first-order valence-electron chi connectivity index (χ1n) is 7.07. The van der Waals surface area contributed by atoms with E-state index in [0.29, 0.717) is 19.0 Å². The quantitative estimate of drug-likeness (QED) is 0.776. The maximum atomic E-state index is 12.2. The van der Waals surface area contributed by atoms with Gasteiger partial charge in [-0.05, 0) is 51.6 Å². The standard InChI is InChI=1S/C12H25N3O2S/c1-11-4-2-3-9-15(11)18(16,17)14-8-6-12-5-7-13-10-12/h11-14H,2-10H2,1H3. The molecule has 2 saturated heterocycles. The zero-order chi connectivity index (χ0) is 13.0. The summed E-state index contributed by atoms with van der Waals surface area (Å²) in [4.78, 5) is 0. The maximum absolute atomic E-state index is 12.2. The van der Waals surface area contributed by atoms with Crippen LogP contribution >= 0.6 is 0 Å². The fraction of sp³-hybridized carbons (Fsp3) is 1.00. The van der Waals surface area contributed by atoms with Crippen molar-refractivity contribution >= 4 is 10.2 Å². The molecular weight excluding hydrogens is 250 g/mol. The highest BCUT2D eigenvalue weighted by Gasteiger charge is 2.29. The molecule has 5 nitrogen and oxygen atoms in total. The third-order valence-corrected chi connectivity index (χ3v) is 5.78. The van der Waals surface area contributed by atoms with Crippen molar-refractivity contribution < 1.29 is 8.42 Å². The van der Waals surface area contributed by atoms with E-state index in [4.69, 9.17) is 0 Å². The van der Waals surface area contributed by atoms with Gasteiger partial charge >= 0.3 is 0 Å². The van der Waals surface area contributed by atoms with Gasteiger partial charge in [0, 0.05) is 19.1 Å². The molecule has 2 aliphatic rings. The van der Waals surface area contributed by atoms with Gasteiger partial charge in [0.05, 0.1) is 0 Å². The second kappa shape index (κ2) is 6.32. The molecule has 0 amide bonds. The number of rotatable bonds is 5. The molecule has 2 fully saturated rings. The van der Waals surface area contributed by atoms with Crippen molar-refractivity contribution in [3.05, 3.63) is 0 Å². The van der Waals surface area contributed by atoms with E-state index in [-0.39, 0.29) is 6.04 Å². The molecule has 2 atom stereocenters. The van der Waals surface area contributed by atoms with Crippen molar-refractivity contribution in [2.45, 2.75) is 45.1 Å². The lowest BCUT2D eigenvalue weighted by Gasteiger charge is -2.32. The Kier molecular flexibility index (Phi) is 5.00. The number of nitrogens with one attached hydrogen (secondary N) is 2. The average molecular weight is 275 g/mol. The molecular formula is C12H25N3O2S. The lowest BCUT2D eigenvalue weighted by atomic mass is 10.1. The molecule has 6 heteroatoms. The summed E-state index contributed by atoms with van der Waals surface area (Å²) < 4.78 is 28.7. The first-order valence-corrected chi connectivity index (χ1v) is 8.51. The van der Waals surface area contributed by atoms with Gasteiger partial charge in [-0.15, -0.1) is 0 Å². The molecule has 0 bridgehead atoms. The van der Waals surface area contributed by atoms with E-state index in [1.54, 1.807) is 4.31 Å². The molecule has 18 heavy (non-hydrogen) atoms. The number of hydrogen-bond acceptors (Lipinski definition) is 3. The minimum atomic E-state index is -3.26. The summed E-state index contributed by atoms with van der Waals surface area (Å²) in [5.74, 6) is 0.631. The lowest BCUT2D eigenvalue weighted by Crippen LogP contribution is -2.48. The summed E-state index contributed by atoms with van der Waals surface area (Å²) in [6.45, 7) is 5.33. The Morgan fingerprint density at radius 3 is 2.83 bits per heavy atom. The van der Waals surface area contributed by atoms with Gasteiger partial charge in [-0.25, -0.2) is 4.72 Å². The van der Waals surface area contributed by atoms with Crippen LogP contribution in [0.2, 0.25) is 0 Å². The molecule has 106 valence electrons. The van der Waals surface area contributed by atoms with Gasteiger partial charge in [0.1, 0.15) is 0 Å². The second-order valence-electron chi connectivity index (χ2n) is 5.50. The molecule has 2 aliphatic heterocycles. The Labute approximate surface area is 110 Å². The fourth-order valence-electron chi connectivity index (χ4n) is 2.86. The molecule has 0 aromatic carbocycles. The SMILES string of the molecule is CC1CCCCN1S(=O)(=O)NCCC1CCNC1. The van der Waals surface area contributed by atoms with Crippen LogP contribution in [0.4, 0.5) is 0 Å². The highest BCUT2D eigenvalue weighted by atomic mass is 32.2. The summed E-state index contributed by atoms with van der Waals surface area (Å²) >= 11 is 0. The van der Waals surface area contributed by atoms with E-state index in [1.807, 2.05) is 6.92 Å². The van der Waals surface area contributed by atoms with Gasteiger partial charge in [0.15, 0.2) is 0 Å². The van der Waals surface area contributed by atoms with Crippen LogP contribution < -0.4 is 10.0 Å². The third kappa shape index (κ3) is 3.66. The summed E-state index contributed by atoms with van der Waals surface area (Å²) in [5.41, 5.74) is 0. The Morgan fingerprint density at radius 2 is 2.17 bits per heavy atom. The number of nitrogens with zero attached hydrogens (tertiary/aromatic N) is 1. The minimum Gasteiger partial charge on any atom is -0.316 e. The van der Waals surface area contributed by atoms with Crippen LogP contribution in [0.3, 0.4) is 0 Å². The summed E-state index contributed by atoms with van der Waals surface area (Å²) in [7, 11) is -3.26. The maximum Gasteiger partial charge on any atom is 0.279 e. The van der Waals surface area contributed by atoms with E-state index >= 15 is 0 Å². The molecule has 2 N–H and O–H groups in total. The monoisotopic (exact) mass is 275 g/mol. The first kappa shape index (κ1) is 14.2. The fourth-order valence-corrected chi connectivity index (χ4v) is 4.35. The Morgan fingerprint density at radius 1 is 1.33 bits per heavy atom. The van der Waals surface area contributed by atoms with Gasteiger partial charge in [-0.1, -0.05) is 6.42 Å². The van der Waals surface area contributed by atoms with Crippen molar-refractivity contribution in [3.8, 4) is 0 Å². The number of hydrogen-bond donors (Lipinski definition) is 2. The average Bonchev–Trinajstić information content (AvgIpc) is 2.82. The van der Waals surface area contributed by atoms with Gasteiger partial charge in [0.2, 0.25) is 0 Å². The van der Waals surface area contributed by atoms with Gasteiger partial charge in [0.25, 0.3) is 10.2 Å². The summed E-state index contributed by atoms with van der Waals surface area (Å²) in [5, 5.41) is 3.30. The highest BCUT2D eigenvalue weighted by molar-refractivity contribution is 7.87. The molecule has 2 unspecified atom stereocenters. The van der Waals surface area contributed by atoms with Crippen molar-refractivity contribution in [1.82, 2.24) is 14.3 Å². The Balaban J connectivity index is 1.78. The summed E-state index contributed by atoms with van der Waals surface area (Å²) in [6.07, 6.45) is 5.21. The van der Waals surface area contributed by atoms with E-state index in [2.05, 4.69) is 10.0 Å². The van der Waals surface area contributed by atoms with Crippen molar-refractivity contribution in [1.29, 1.82) is 0 Å². The topological polar surface area (TPSA) is 61.4 Å². The molecule has 0 spiro atoms. The van der Waals surface area contributed by atoms with Crippen LogP contribution in [0.1, 0.15) is 39.0 Å². The molecule has 2 heterocycles. The van der Waals surface area contributed by atoms with Crippen LogP contribution in [0.5, 0.6) is 0 Å². The zero-order valence-corrected chi connectivity index (χ0v) is 12.0. The molecule has 0 aliphatic carbocycles. The molecule has 0 aromatic rings. The largest absolute Gasteiger partial charge is 0.316 e. The van der Waals surface area contributed by atoms with Gasteiger partial charge < -0.3 is 5.32 Å². The van der Waals surface area contributed by atoms with Crippen LogP contribution in [0, 0.1) is 5.92 Å². The molecule has 0 saturated carbocycles. The summed E-state index contributed by atoms with van der Waals surface area (Å²) in [6, 6.07) is 0.143. The van der Waals surface area contributed by atoms with Crippen LogP contribution in [0.25, 0.3) is 0 Å². The van der Waals surface area contributed by atoms with E-state index in [1.165, 1.54) is 6.42 Å². The van der Waals surface area contributed by atoms with E-state index < -0.39 is 10.2 Å². The van der Waals surface area contributed by atoms with Crippen molar-refractivity contribution in [2.75, 3.05) is 26.2 Å². The Hall–Kier alpha value is -0.170. The second-order valence-corrected chi connectivity index (χ2v) is 7.21. The molecule has 0 radical (unpaired) electrons.